The molecule has 0 aliphatic carbocycles. The van der Waals surface area contributed by atoms with Crippen LogP contribution in [0, 0.1) is 0 Å². The molecule has 1 unspecified atom stereocenters. The van der Waals surface area contributed by atoms with Crippen LogP contribution in [-0.2, 0) is 6.42 Å². The Kier molecular flexibility index (Phi) is 6.20. The lowest BCUT2D eigenvalue weighted by Gasteiger charge is -2.15. The minimum Gasteiger partial charge on any atom is -0.237 e. The molecule has 0 amide bonds. The van der Waals surface area contributed by atoms with E-state index >= 15 is 0 Å². The Labute approximate surface area is 165 Å². The molecule has 3 aromatic rings. The van der Waals surface area contributed by atoms with Crippen molar-refractivity contribution in [2.75, 3.05) is 0 Å². The quantitative estimate of drug-likeness (QED) is 0.437. The van der Waals surface area contributed by atoms with Crippen LogP contribution in [0.25, 0.3) is 16.9 Å². The van der Waals surface area contributed by atoms with Crippen LogP contribution >= 0.6 is 23.2 Å². The third-order valence-corrected chi connectivity index (χ3v) is 5.53. The van der Waals surface area contributed by atoms with Gasteiger partial charge in [0.2, 0.25) is 0 Å². The molecule has 3 rings (SSSR count). The van der Waals surface area contributed by atoms with Gasteiger partial charge in [-0.25, -0.2) is 9.50 Å². The molecule has 5 heteroatoms. The van der Waals surface area contributed by atoms with Gasteiger partial charge in [0.25, 0.3) is 0 Å². The first-order valence-electron chi connectivity index (χ1n) is 9.42. The number of aryl methyl sites for hydroxylation is 1. The van der Waals surface area contributed by atoms with Crippen molar-refractivity contribution in [3.8, 4) is 11.3 Å². The first kappa shape index (κ1) is 19.2. The maximum absolute atomic E-state index is 6.46. The van der Waals surface area contributed by atoms with Gasteiger partial charge in [-0.2, -0.15) is 5.10 Å². The van der Waals surface area contributed by atoms with Crippen molar-refractivity contribution in [1.82, 2.24) is 14.6 Å². The second-order valence-electron chi connectivity index (χ2n) is 6.65. The summed E-state index contributed by atoms with van der Waals surface area (Å²) in [5.74, 6) is 0.492. The van der Waals surface area contributed by atoms with E-state index in [0.717, 1.165) is 35.4 Å². The third kappa shape index (κ3) is 3.60. The Hall–Kier alpha value is -1.58. The van der Waals surface area contributed by atoms with Gasteiger partial charge in [0.15, 0.2) is 5.65 Å². The summed E-state index contributed by atoms with van der Waals surface area (Å²) in [4.78, 5) is 4.69. The molecule has 138 valence electrons. The zero-order valence-corrected chi connectivity index (χ0v) is 17.1. The van der Waals surface area contributed by atoms with Crippen LogP contribution in [0.2, 0.25) is 10.0 Å². The fourth-order valence-corrected chi connectivity index (χ4v) is 4.10. The molecule has 2 heterocycles. The highest BCUT2D eigenvalue weighted by atomic mass is 35.5. The average Bonchev–Trinajstić information content (AvgIpc) is 3.01. The van der Waals surface area contributed by atoms with E-state index in [1.54, 1.807) is 6.07 Å². The Morgan fingerprint density at radius 2 is 1.92 bits per heavy atom. The fourth-order valence-electron chi connectivity index (χ4n) is 3.59. The van der Waals surface area contributed by atoms with E-state index in [4.69, 9.17) is 33.3 Å². The Balaban J connectivity index is 2.20. The number of halogens is 2. The SMILES string of the molecule is CCCCC(CC)c1c(CC)nn2c(-c3ccc(Cl)cc3Cl)ccnc12. The van der Waals surface area contributed by atoms with Crippen LogP contribution in [0.3, 0.4) is 0 Å². The number of aromatic nitrogens is 3. The van der Waals surface area contributed by atoms with E-state index in [0.29, 0.717) is 16.0 Å². The molecule has 0 spiro atoms. The van der Waals surface area contributed by atoms with Crippen molar-refractivity contribution >= 4 is 28.8 Å². The normalized spacial score (nSPS) is 12.7. The maximum atomic E-state index is 6.46. The average molecular weight is 390 g/mol. The Morgan fingerprint density at radius 3 is 2.58 bits per heavy atom. The van der Waals surface area contributed by atoms with Crippen LogP contribution in [0.5, 0.6) is 0 Å². The van der Waals surface area contributed by atoms with Gasteiger partial charge in [0.05, 0.1) is 16.4 Å². The highest BCUT2D eigenvalue weighted by Crippen LogP contribution is 2.35. The summed E-state index contributed by atoms with van der Waals surface area (Å²) in [5.41, 5.74) is 5.26. The molecule has 0 N–H and O–H groups in total. The minimum absolute atomic E-state index is 0.492. The van der Waals surface area contributed by atoms with Crippen LogP contribution < -0.4 is 0 Å². The second kappa shape index (κ2) is 8.41. The number of unbranched alkanes of at least 4 members (excludes halogenated alkanes) is 1. The molecule has 0 bridgehead atoms. The van der Waals surface area contributed by atoms with Gasteiger partial charge in [0.1, 0.15) is 0 Å². The van der Waals surface area contributed by atoms with E-state index in [-0.39, 0.29) is 0 Å². The highest BCUT2D eigenvalue weighted by molar-refractivity contribution is 6.36. The number of fused-ring (bicyclic) bond motifs is 1. The maximum Gasteiger partial charge on any atom is 0.159 e. The van der Waals surface area contributed by atoms with Gasteiger partial charge in [0, 0.05) is 22.3 Å². The highest BCUT2D eigenvalue weighted by Gasteiger charge is 2.22. The molecule has 0 fully saturated rings. The van der Waals surface area contributed by atoms with E-state index < -0.39 is 0 Å². The van der Waals surface area contributed by atoms with E-state index in [1.165, 1.54) is 24.8 Å². The van der Waals surface area contributed by atoms with E-state index in [1.807, 2.05) is 28.9 Å². The third-order valence-electron chi connectivity index (χ3n) is 4.98. The van der Waals surface area contributed by atoms with Crippen molar-refractivity contribution in [3.05, 3.63) is 51.8 Å². The molecule has 1 aromatic carbocycles. The van der Waals surface area contributed by atoms with Crippen LogP contribution in [-0.4, -0.2) is 14.6 Å². The van der Waals surface area contributed by atoms with Crippen molar-refractivity contribution in [2.24, 2.45) is 0 Å². The van der Waals surface area contributed by atoms with Crippen molar-refractivity contribution in [1.29, 1.82) is 0 Å². The molecule has 2 aromatic heterocycles. The van der Waals surface area contributed by atoms with Crippen LogP contribution in [0.15, 0.2) is 30.5 Å². The predicted octanol–water partition coefficient (Wildman–Crippen LogP) is 6.95. The van der Waals surface area contributed by atoms with Gasteiger partial charge in [-0.1, -0.05) is 56.8 Å². The Morgan fingerprint density at radius 1 is 1.12 bits per heavy atom. The molecule has 26 heavy (non-hydrogen) atoms. The molecule has 0 radical (unpaired) electrons. The molecule has 3 nitrogen and oxygen atoms in total. The van der Waals surface area contributed by atoms with Gasteiger partial charge in [-0.3, -0.25) is 0 Å². The van der Waals surface area contributed by atoms with E-state index in [9.17, 15) is 0 Å². The molecule has 0 aliphatic heterocycles. The first-order chi connectivity index (χ1) is 12.6. The summed E-state index contributed by atoms with van der Waals surface area (Å²) >= 11 is 12.5. The zero-order chi connectivity index (χ0) is 18.7. The van der Waals surface area contributed by atoms with Crippen LogP contribution in [0.4, 0.5) is 0 Å². The summed E-state index contributed by atoms with van der Waals surface area (Å²) in [6, 6.07) is 7.54. The summed E-state index contributed by atoms with van der Waals surface area (Å²) in [6.45, 7) is 6.65. The number of rotatable bonds is 7. The summed E-state index contributed by atoms with van der Waals surface area (Å²) in [5, 5.41) is 6.16. The minimum atomic E-state index is 0.492. The topological polar surface area (TPSA) is 30.2 Å². The standard InChI is InChI=1S/C21H25Cl2N3/c1-4-7-8-14(5-2)20-18(6-3)25-26-19(11-12-24-21(20)26)16-10-9-15(22)13-17(16)23/h9-14H,4-8H2,1-3H3. The van der Waals surface area contributed by atoms with Crippen LogP contribution in [0.1, 0.15) is 63.6 Å². The van der Waals surface area contributed by atoms with E-state index in [2.05, 4.69) is 20.8 Å². The van der Waals surface area contributed by atoms with Gasteiger partial charge >= 0.3 is 0 Å². The van der Waals surface area contributed by atoms with Gasteiger partial charge < -0.3 is 0 Å². The molecular formula is C21H25Cl2N3. The van der Waals surface area contributed by atoms with Gasteiger partial charge in [-0.15, -0.1) is 0 Å². The van der Waals surface area contributed by atoms with Crippen molar-refractivity contribution in [2.45, 2.75) is 58.8 Å². The molecule has 0 aliphatic rings. The molecule has 0 saturated carbocycles. The monoisotopic (exact) mass is 389 g/mol. The van der Waals surface area contributed by atoms with Crippen molar-refractivity contribution in [3.63, 3.8) is 0 Å². The summed E-state index contributed by atoms with van der Waals surface area (Å²) in [6.07, 6.45) is 7.46. The number of hydrogen-bond donors (Lipinski definition) is 0. The number of nitrogens with zero attached hydrogens (tertiary/aromatic N) is 3. The fraction of sp³-hybridized carbons (Fsp3) is 0.429. The first-order valence-corrected chi connectivity index (χ1v) is 10.2. The number of hydrogen-bond acceptors (Lipinski definition) is 2. The lowest BCUT2D eigenvalue weighted by Crippen LogP contribution is -2.02. The second-order valence-corrected chi connectivity index (χ2v) is 7.49. The summed E-state index contributed by atoms with van der Waals surface area (Å²) in [7, 11) is 0. The Bertz CT molecular complexity index is 902. The largest absolute Gasteiger partial charge is 0.237 e. The molecular weight excluding hydrogens is 365 g/mol. The smallest absolute Gasteiger partial charge is 0.159 e. The van der Waals surface area contributed by atoms with Crippen molar-refractivity contribution < 1.29 is 0 Å². The number of benzene rings is 1. The zero-order valence-electron chi connectivity index (χ0n) is 15.6. The molecule has 0 saturated heterocycles. The lowest BCUT2D eigenvalue weighted by atomic mass is 9.90. The molecule has 1 atom stereocenters. The lowest BCUT2D eigenvalue weighted by molar-refractivity contribution is 0.568. The van der Waals surface area contributed by atoms with Gasteiger partial charge in [-0.05, 0) is 49.4 Å². The predicted molar refractivity (Wildman–Crippen MR) is 110 cm³/mol. The summed E-state index contributed by atoms with van der Waals surface area (Å²) < 4.78 is 1.96.